The van der Waals surface area contributed by atoms with Crippen molar-refractivity contribution in [2.75, 3.05) is 20.5 Å². The number of aliphatic hydroxyl groups is 1. The summed E-state index contributed by atoms with van der Waals surface area (Å²) in [6.07, 6.45) is -5.38. The van der Waals surface area contributed by atoms with Gasteiger partial charge in [-0.1, -0.05) is 41.5 Å². The molecule has 0 saturated carbocycles. The van der Waals surface area contributed by atoms with E-state index in [1.807, 2.05) is 13.1 Å². The fourth-order valence-corrected chi connectivity index (χ4v) is 6.83. The summed E-state index contributed by atoms with van der Waals surface area (Å²) in [5, 5.41) is 11.0. The summed E-state index contributed by atoms with van der Waals surface area (Å²) in [6, 6.07) is 0. The third kappa shape index (κ3) is 4.33. The lowest BCUT2D eigenvalue weighted by Crippen LogP contribution is -2.70. The summed E-state index contributed by atoms with van der Waals surface area (Å²) in [5.41, 5.74) is -3.61. The van der Waals surface area contributed by atoms with Crippen molar-refractivity contribution in [3.63, 3.8) is 0 Å². The van der Waals surface area contributed by atoms with E-state index in [1.165, 1.54) is 7.11 Å². The molecule has 3 heterocycles. The minimum atomic E-state index is -2.57. The van der Waals surface area contributed by atoms with Crippen LogP contribution in [0.4, 0.5) is 0 Å². The molecular formula is C23H42O10Si2. The van der Waals surface area contributed by atoms with Gasteiger partial charge in [0.2, 0.25) is 11.7 Å². The number of rotatable bonds is 5. The maximum absolute atomic E-state index is 13.3. The molecule has 3 aliphatic heterocycles. The fraction of sp³-hybridized carbons (Fsp3) is 0.913. The van der Waals surface area contributed by atoms with Gasteiger partial charge >= 0.3 is 11.9 Å². The molecule has 3 fully saturated rings. The number of ether oxygens (including phenoxy) is 5. The van der Waals surface area contributed by atoms with E-state index in [0.717, 1.165) is 0 Å². The molecule has 1 N–H and O–H groups in total. The van der Waals surface area contributed by atoms with Crippen molar-refractivity contribution in [3.05, 3.63) is 0 Å². The SMILES string of the molecule is COC(=O)C1O[C@H](O)[C@@H](O[Si](C)(C)C(C)(C)C)[C@@H](O[Si](C)(C)C(C)(C)C)[C@@]23COC(=O)[C@@]12OCO3. The molecule has 6 atom stereocenters. The molecule has 0 aromatic heterocycles. The summed E-state index contributed by atoms with van der Waals surface area (Å²) >= 11 is 0. The fourth-order valence-electron chi connectivity index (χ4n) is 4.25. The van der Waals surface area contributed by atoms with Gasteiger partial charge in [-0.15, -0.1) is 0 Å². The van der Waals surface area contributed by atoms with E-state index in [-0.39, 0.29) is 23.5 Å². The lowest BCUT2D eigenvalue weighted by molar-refractivity contribution is -0.229. The van der Waals surface area contributed by atoms with Gasteiger partial charge < -0.3 is 37.6 Å². The first-order valence-corrected chi connectivity index (χ1v) is 17.8. The highest BCUT2D eigenvalue weighted by atomic mass is 28.4. The maximum atomic E-state index is 13.3. The Morgan fingerprint density at radius 1 is 1.00 bits per heavy atom. The van der Waals surface area contributed by atoms with E-state index in [2.05, 4.69) is 54.6 Å². The largest absolute Gasteiger partial charge is 0.467 e. The van der Waals surface area contributed by atoms with Crippen LogP contribution in [0.2, 0.25) is 36.3 Å². The molecule has 0 bridgehead atoms. The zero-order valence-electron chi connectivity index (χ0n) is 22.8. The van der Waals surface area contributed by atoms with Crippen LogP contribution in [0.3, 0.4) is 0 Å². The first-order chi connectivity index (χ1) is 15.8. The molecule has 10 nitrogen and oxygen atoms in total. The van der Waals surface area contributed by atoms with Crippen LogP contribution in [0.5, 0.6) is 0 Å². The van der Waals surface area contributed by atoms with Crippen LogP contribution >= 0.6 is 0 Å². The predicted octanol–water partition coefficient (Wildman–Crippen LogP) is 2.70. The summed E-state index contributed by atoms with van der Waals surface area (Å²) < 4.78 is 41.9. The smallest absolute Gasteiger partial charge is 0.345 e. The van der Waals surface area contributed by atoms with Gasteiger partial charge in [0.15, 0.2) is 28.5 Å². The van der Waals surface area contributed by atoms with Crippen molar-refractivity contribution in [2.45, 2.75) is 114 Å². The Morgan fingerprint density at radius 2 is 1.54 bits per heavy atom. The number of esters is 2. The van der Waals surface area contributed by atoms with Crippen molar-refractivity contribution >= 4 is 28.6 Å². The van der Waals surface area contributed by atoms with Gasteiger partial charge in [-0.25, -0.2) is 9.59 Å². The maximum Gasteiger partial charge on any atom is 0.345 e. The molecule has 0 aromatic carbocycles. The van der Waals surface area contributed by atoms with Crippen LogP contribution in [0, 0.1) is 0 Å². The second-order valence-electron chi connectivity index (χ2n) is 12.7. The van der Waals surface area contributed by atoms with Crippen LogP contribution in [0.1, 0.15) is 41.5 Å². The van der Waals surface area contributed by atoms with E-state index >= 15 is 0 Å². The molecule has 35 heavy (non-hydrogen) atoms. The third-order valence-electron chi connectivity index (χ3n) is 8.52. The van der Waals surface area contributed by atoms with Crippen molar-refractivity contribution in [1.29, 1.82) is 0 Å². The molecule has 12 heteroatoms. The van der Waals surface area contributed by atoms with Gasteiger partial charge in [-0.2, -0.15) is 0 Å². The van der Waals surface area contributed by atoms with E-state index < -0.39 is 64.4 Å². The van der Waals surface area contributed by atoms with Crippen molar-refractivity contribution < 1.29 is 47.2 Å². The van der Waals surface area contributed by atoms with Gasteiger partial charge in [0.1, 0.15) is 25.6 Å². The highest BCUT2D eigenvalue weighted by molar-refractivity contribution is 6.74. The average Bonchev–Trinajstić information content (AvgIpc) is 3.20. The van der Waals surface area contributed by atoms with Gasteiger partial charge in [0, 0.05) is 0 Å². The van der Waals surface area contributed by atoms with Crippen LogP contribution in [0.15, 0.2) is 0 Å². The average molecular weight is 535 g/mol. The molecular weight excluding hydrogens is 492 g/mol. The molecule has 0 spiro atoms. The minimum absolute atomic E-state index is 0.216. The Hall–Kier alpha value is -0.866. The van der Waals surface area contributed by atoms with E-state index in [1.54, 1.807) is 0 Å². The molecule has 3 rings (SSSR count). The lowest BCUT2D eigenvalue weighted by atomic mass is 9.76. The van der Waals surface area contributed by atoms with Gasteiger partial charge in [0.05, 0.1) is 7.11 Å². The number of cyclic esters (lactones) is 1. The van der Waals surface area contributed by atoms with E-state index in [9.17, 15) is 14.7 Å². The summed E-state index contributed by atoms with van der Waals surface area (Å²) in [6.45, 7) is 20.1. The first-order valence-electron chi connectivity index (χ1n) is 12.0. The molecule has 202 valence electrons. The van der Waals surface area contributed by atoms with Crippen molar-refractivity contribution in [3.8, 4) is 0 Å². The molecule has 3 saturated heterocycles. The van der Waals surface area contributed by atoms with E-state index in [0.29, 0.717) is 0 Å². The number of hydrogen-bond donors (Lipinski definition) is 1. The number of carbonyl (C=O) groups is 2. The Morgan fingerprint density at radius 3 is 2.06 bits per heavy atom. The summed E-state index contributed by atoms with van der Waals surface area (Å²) in [5.74, 6) is -1.72. The lowest BCUT2D eigenvalue weighted by Gasteiger charge is -2.49. The number of methoxy groups -OCH3 is 1. The normalized spacial score (nSPS) is 36.3. The monoisotopic (exact) mass is 534 g/mol. The van der Waals surface area contributed by atoms with Gasteiger partial charge in [-0.05, 0) is 36.3 Å². The molecule has 0 amide bonds. The number of hydrogen-bond acceptors (Lipinski definition) is 10. The zero-order valence-corrected chi connectivity index (χ0v) is 24.8. The van der Waals surface area contributed by atoms with Crippen molar-refractivity contribution in [2.24, 2.45) is 0 Å². The Kier molecular flexibility index (Phi) is 7.27. The molecule has 0 radical (unpaired) electrons. The predicted molar refractivity (Wildman–Crippen MR) is 130 cm³/mol. The molecule has 1 unspecified atom stereocenters. The van der Waals surface area contributed by atoms with Gasteiger partial charge in [0.25, 0.3) is 0 Å². The summed E-state index contributed by atoms with van der Waals surface area (Å²) in [7, 11) is -3.92. The highest BCUT2D eigenvalue weighted by Crippen LogP contribution is 2.54. The highest BCUT2D eigenvalue weighted by Gasteiger charge is 2.81. The first kappa shape index (κ1) is 28.7. The Labute approximate surface area is 210 Å². The Balaban J connectivity index is 2.26. The van der Waals surface area contributed by atoms with E-state index in [4.69, 9.17) is 32.5 Å². The second-order valence-corrected chi connectivity index (χ2v) is 22.2. The number of aliphatic hydroxyl groups excluding tert-OH is 1. The van der Waals surface area contributed by atoms with Crippen LogP contribution in [0.25, 0.3) is 0 Å². The standard InChI is InChI=1S/C23H42O10Si2/c1-20(2,3)34(8,9)32-14-15(33-35(10,11)21(4,5)6)22-12-28-19(26)23(22,30-13-29-22)16(18(25)27-7)31-17(14)24/h14-17,24H,12-13H2,1-11H3/t14-,15+,16?,17-,22-,23-/m0/s1. The summed E-state index contributed by atoms with van der Waals surface area (Å²) in [4.78, 5) is 26.2. The van der Waals surface area contributed by atoms with Crippen LogP contribution < -0.4 is 0 Å². The zero-order chi connectivity index (χ0) is 26.8. The van der Waals surface area contributed by atoms with Crippen molar-refractivity contribution in [1.82, 2.24) is 0 Å². The topological polar surface area (TPSA) is 119 Å². The van der Waals surface area contributed by atoms with Gasteiger partial charge in [-0.3, -0.25) is 0 Å². The van der Waals surface area contributed by atoms with Crippen LogP contribution in [-0.2, 0) is 42.1 Å². The molecule has 0 aliphatic carbocycles. The molecule has 0 aromatic rings. The Bertz CT molecular complexity index is 848. The van der Waals surface area contributed by atoms with Crippen LogP contribution in [-0.4, -0.2) is 90.0 Å². The minimum Gasteiger partial charge on any atom is -0.467 e. The molecule has 3 aliphatic rings. The quantitative estimate of drug-likeness (QED) is 0.416. The third-order valence-corrected chi connectivity index (χ3v) is 17.4. The number of carbonyl (C=O) groups excluding carboxylic acids is 2. The second kappa shape index (κ2) is 8.86.